The van der Waals surface area contributed by atoms with E-state index >= 15 is 0 Å². The summed E-state index contributed by atoms with van der Waals surface area (Å²) in [4.78, 5) is 1.38. The van der Waals surface area contributed by atoms with Crippen molar-refractivity contribution in [1.29, 1.82) is 0 Å². The molecule has 1 heterocycles. The second kappa shape index (κ2) is 4.33. The summed E-state index contributed by atoms with van der Waals surface area (Å²) >= 11 is 0. The van der Waals surface area contributed by atoms with Crippen molar-refractivity contribution in [3.63, 3.8) is 0 Å². The summed E-state index contributed by atoms with van der Waals surface area (Å²) < 4.78 is 37.2. The maximum atomic E-state index is 12.4. The topological polar surface area (TPSA) is 15.3 Å². The standard InChI is InChI=1S/C11H13F3N2/c12-11(13,14)8-16-6-5-15-7-9-3-1-2-4-10(9)16/h1-4,15H,5-8H2. The molecule has 0 saturated carbocycles. The summed E-state index contributed by atoms with van der Waals surface area (Å²) in [6.07, 6.45) is -4.16. The Morgan fingerprint density at radius 2 is 2.00 bits per heavy atom. The van der Waals surface area contributed by atoms with Gasteiger partial charge in [0.2, 0.25) is 0 Å². The predicted molar refractivity (Wildman–Crippen MR) is 56.4 cm³/mol. The van der Waals surface area contributed by atoms with Crippen molar-refractivity contribution in [2.45, 2.75) is 12.7 Å². The van der Waals surface area contributed by atoms with Crippen LogP contribution in [0.4, 0.5) is 18.9 Å². The van der Waals surface area contributed by atoms with Crippen LogP contribution in [0, 0.1) is 0 Å². The van der Waals surface area contributed by atoms with Crippen LogP contribution in [0.1, 0.15) is 5.56 Å². The average molecular weight is 230 g/mol. The molecule has 1 aromatic carbocycles. The average Bonchev–Trinajstić information content (AvgIpc) is 2.39. The van der Waals surface area contributed by atoms with Gasteiger partial charge in [-0.1, -0.05) is 18.2 Å². The third-order valence-corrected chi connectivity index (χ3v) is 2.58. The highest BCUT2D eigenvalue weighted by atomic mass is 19.4. The number of halogens is 3. The molecule has 1 aromatic rings. The van der Waals surface area contributed by atoms with Crippen molar-refractivity contribution >= 4 is 5.69 Å². The van der Waals surface area contributed by atoms with E-state index in [0.717, 1.165) is 5.56 Å². The summed E-state index contributed by atoms with van der Waals surface area (Å²) in [6.45, 7) is 0.706. The Hall–Kier alpha value is -1.23. The van der Waals surface area contributed by atoms with Crippen molar-refractivity contribution in [2.75, 3.05) is 24.5 Å². The van der Waals surface area contributed by atoms with E-state index in [1.165, 1.54) is 4.90 Å². The number of nitrogens with zero attached hydrogens (tertiary/aromatic N) is 1. The molecule has 0 radical (unpaired) electrons. The van der Waals surface area contributed by atoms with E-state index in [2.05, 4.69) is 5.32 Å². The third kappa shape index (κ3) is 2.66. The lowest BCUT2D eigenvalue weighted by Gasteiger charge is -2.25. The Balaban J connectivity index is 2.26. The van der Waals surface area contributed by atoms with Gasteiger partial charge in [-0.3, -0.25) is 0 Å². The molecule has 1 aliphatic rings. The Kier molecular flexibility index (Phi) is 3.05. The first-order valence-electron chi connectivity index (χ1n) is 5.16. The third-order valence-electron chi connectivity index (χ3n) is 2.58. The van der Waals surface area contributed by atoms with E-state index in [9.17, 15) is 13.2 Å². The number of hydrogen-bond donors (Lipinski definition) is 1. The summed E-state index contributed by atoms with van der Waals surface area (Å²) in [7, 11) is 0. The van der Waals surface area contributed by atoms with E-state index < -0.39 is 12.7 Å². The highest BCUT2D eigenvalue weighted by Crippen LogP contribution is 2.26. The molecular weight excluding hydrogens is 217 g/mol. The lowest BCUT2D eigenvalue weighted by molar-refractivity contribution is -0.119. The second-order valence-electron chi connectivity index (χ2n) is 3.84. The van der Waals surface area contributed by atoms with Crippen molar-refractivity contribution < 1.29 is 13.2 Å². The Labute approximate surface area is 92.1 Å². The largest absolute Gasteiger partial charge is 0.405 e. The van der Waals surface area contributed by atoms with Gasteiger partial charge in [0.15, 0.2) is 0 Å². The molecule has 0 spiro atoms. The van der Waals surface area contributed by atoms with Gasteiger partial charge < -0.3 is 10.2 Å². The molecule has 0 aromatic heterocycles. The van der Waals surface area contributed by atoms with Gasteiger partial charge in [0.25, 0.3) is 0 Å². The van der Waals surface area contributed by atoms with Crippen molar-refractivity contribution in [3.8, 4) is 0 Å². The molecule has 0 amide bonds. The number of hydrogen-bond acceptors (Lipinski definition) is 2. The van der Waals surface area contributed by atoms with Crippen LogP contribution in [0.3, 0.4) is 0 Å². The number of fused-ring (bicyclic) bond motifs is 1. The van der Waals surface area contributed by atoms with Crippen molar-refractivity contribution in [2.24, 2.45) is 0 Å². The van der Waals surface area contributed by atoms with E-state index in [1.807, 2.05) is 12.1 Å². The molecular formula is C11H13F3N2. The van der Waals surface area contributed by atoms with E-state index in [0.29, 0.717) is 25.3 Å². The Bertz CT molecular complexity index is 362. The lowest BCUT2D eigenvalue weighted by atomic mass is 10.1. The van der Waals surface area contributed by atoms with Gasteiger partial charge in [0.05, 0.1) is 0 Å². The van der Waals surface area contributed by atoms with Gasteiger partial charge in [0, 0.05) is 25.3 Å². The van der Waals surface area contributed by atoms with Crippen LogP contribution >= 0.6 is 0 Å². The van der Waals surface area contributed by atoms with Crippen LogP contribution in [-0.4, -0.2) is 25.8 Å². The molecule has 2 nitrogen and oxygen atoms in total. The normalized spacial score (nSPS) is 16.8. The summed E-state index contributed by atoms with van der Waals surface area (Å²) in [5.41, 5.74) is 1.61. The quantitative estimate of drug-likeness (QED) is 0.795. The molecule has 16 heavy (non-hydrogen) atoms. The minimum Gasteiger partial charge on any atom is -0.361 e. The van der Waals surface area contributed by atoms with Gasteiger partial charge in [-0.25, -0.2) is 0 Å². The molecule has 0 bridgehead atoms. The number of benzene rings is 1. The SMILES string of the molecule is FC(F)(F)CN1CCNCc2ccccc21. The van der Waals surface area contributed by atoms with Crippen LogP contribution in [0.2, 0.25) is 0 Å². The maximum absolute atomic E-state index is 12.4. The fourth-order valence-electron chi connectivity index (χ4n) is 1.91. The first-order valence-corrected chi connectivity index (χ1v) is 5.16. The molecule has 88 valence electrons. The fraction of sp³-hybridized carbons (Fsp3) is 0.455. The molecule has 0 fully saturated rings. The molecule has 0 unspecified atom stereocenters. The van der Waals surface area contributed by atoms with Crippen molar-refractivity contribution in [3.05, 3.63) is 29.8 Å². The zero-order valence-corrected chi connectivity index (χ0v) is 8.72. The zero-order chi connectivity index (χ0) is 11.6. The van der Waals surface area contributed by atoms with Gasteiger partial charge >= 0.3 is 6.18 Å². The number of rotatable bonds is 1. The second-order valence-corrected chi connectivity index (χ2v) is 3.84. The fourth-order valence-corrected chi connectivity index (χ4v) is 1.91. The highest BCUT2D eigenvalue weighted by molar-refractivity contribution is 5.54. The van der Waals surface area contributed by atoms with Crippen LogP contribution in [0.5, 0.6) is 0 Å². The molecule has 1 N–H and O–H groups in total. The van der Waals surface area contributed by atoms with Gasteiger partial charge in [-0.2, -0.15) is 13.2 Å². The number of alkyl halides is 3. The summed E-state index contributed by atoms with van der Waals surface area (Å²) in [5, 5.41) is 3.11. The van der Waals surface area contributed by atoms with E-state index in [4.69, 9.17) is 0 Å². The smallest absolute Gasteiger partial charge is 0.361 e. The summed E-state index contributed by atoms with van der Waals surface area (Å²) in [6, 6.07) is 7.22. The highest BCUT2D eigenvalue weighted by Gasteiger charge is 2.31. The van der Waals surface area contributed by atoms with Gasteiger partial charge in [-0.05, 0) is 11.6 Å². The summed E-state index contributed by atoms with van der Waals surface area (Å²) in [5.74, 6) is 0. The predicted octanol–water partition coefficient (Wildman–Crippen LogP) is 2.16. The first kappa shape index (κ1) is 11.3. The molecule has 2 rings (SSSR count). The monoisotopic (exact) mass is 230 g/mol. The molecule has 0 aliphatic carbocycles. The first-order chi connectivity index (χ1) is 7.56. The number of nitrogens with one attached hydrogen (secondary N) is 1. The molecule has 0 atom stereocenters. The van der Waals surface area contributed by atoms with E-state index in [-0.39, 0.29) is 0 Å². The number of anilines is 1. The van der Waals surface area contributed by atoms with Gasteiger partial charge in [0.1, 0.15) is 6.54 Å². The Morgan fingerprint density at radius 1 is 1.25 bits per heavy atom. The van der Waals surface area contributed by atoms with E-state index in [1.54, 1.807) is 12.1 Å². The minimum atomic E-state index is -4.16. The Morgan fingerprint density at radius 3 is 2.75 bits per heavy atom. The van der Waals surface area contributed by atoms with Crippen LogP contribution in [-0.2, 0) is 6.54 Å². The maximum Gasteiger partial charge on any atom is 0.405 e. The number of para-hydroxylation sites is 1. The molecule has 0 saturated heterocycles. The lowest BCUT2D eigenvalue weighted by Crippen LogP contribution is -2.37. The van der Waals surface area contributed by atoms with Crippen LogP contribution in [0.15, 0.2) is 24.3 Å². The van der Waals surface area contributed by atoms with Crippen LogP contribution < -0.4 is 10.2 Å². The van der Waals surface area contributed by atoms with Crippen molar-refractivity contribution in [1.82, 2.24) is 5.32 Å². The zero-order valence-electron chi connectivity index (χ0n) is 8.72. The minimum absolute atomic E-state index is 0.385. The van der Waals surface area contributed by atoms with Crippen LogP contribution in [0.25, 0.3) is 0 Å². The molecule has 5 heteroatoms. The molecule has 1 aliphatic heterocycles. The van der Waals surface area contributed by atoms with Gasteiger partial charge in [-0.15, -0.1) is 0 Å².